The van der Waals surface area contributed by atoms with Gasteiger partial charge in [-0.05, 0) is 75.8 Å². The maximum atomic E-state index is 5.22. The van der Waals surface area contributed by atoms with Crippen molar-refractivity contribution in [3.05, 3.63) is 164 Å². The molecule has 0 radical (unpaired) electrons. The molecule has 0 aliphatic heterocycles. The Balaban J connectivity index is 1.38. The summed E-state index contributed by atoms with van der Waals surface area (Å²) in [7, 11) is 0. The maximum absolute atomic E-state index is 5.22. The van der Waals surface area contributed by atoms with E-state index in [4.69, 9.17) is 4.98 Å². The van der Waals surface area contributed by atoms with Gasteiger partial charge in [0, 0.05) is 47.0 Å². The van der Waals surface area contributed by atoms with Crippen molar-refractivity contribution < 1.29 is 0 Å². The number of benzene rings is 4. The summed E-state index contributed by atoms with van der Waals surface area (Å²) in [6.45, 7) is 0. The van der Waals surface area contributed by atoms with Crippen molar-refractivity contribution in [3.8, 4) is 67.0 Å². The lowest BCUT2D eigenvalue weighted by Gasteiger charge is -2.13. The van der Waals surface area contributed by atoms with Gasteiger partial charge < -0.3 is 0 Å². The van der Waals surface area contributed by atoms with Crippen LogP contribution in [-0.4, -0.2) is 15.0 Å². The third-order valence-electron chi connectivity index (χ3n) is 7.43. The third-order valence-corrected chi connectivity index (χ3v) is 7.43. The van der Waals surface area contributed by atoms with E-state index in [0.29, 0.717) is 0 Å². The van der Waals surface area contributed by atoms with Crippen LogP contribution in [0.5, 0.6) is 0 Å². The van der Waals surface area contributed by atoms with Crippen molar-refractivity contribution in [2.75, 3.05) is 0 Å². The summed E-state index contributed by atoms with van der Waals surface area (Å²) in [6.07, 6.45) is 7.39. The lowest BCUT2D eigenvalue weighted by molar-refractivity contribution is 1.31. The molecule has 0 amide bonds. The van der Waals surface area contributed by atoms with Crippen LogP contribution in [0.15, 0.2) is 164 Å². The van der Waals surface area contributed by atoms with Gasteiger partial charge in [-0.2, -0.15) is 0 Å². The lowest BCUT2D eigenvalue weighted by atomic mass is 9.95. The van der Waals surface area contributed by atoms with E-state index < -0.39 is 0 Å². The second-order valence-corrected chi connectivity index (χ2v) is 10.2. The van der Waals surface area contributed by atoms with Gasteiger partial charge in [-0.25, -0.2) is 4.98 Å². The summed E-state index contributed by atoms with van der Waals surface area (Å²) in [5.74, 6) is 0. The molecule has 0 atom stereocenters. The van der Waals surface area contributed by atoms with Crippen LogP contribution in [0, 0.1) is 0 Å². The Kier molecular flexibility index (Phi) is 6.89. The van der Waals surface area contributed by atoms with E-state index in [1.54, 1.807) is 12.4 Å². The molecule has 0 saturated heterocycles. The molecule has 0 spiro atoms. The molecular formula is C39H27N3. The molecule has 7 aromatic rings. The molecule has 0 saturated carbocycles. The standard InChI is InChI=1S/C39H27N3/c1-2-9-28(10-3-1)29-11-4-14-32(21-29)37-24-38(33-15-5-12-30(22-33)35-17-7-19-40-26-35)42-39(25-37)34-16-6-13-31(23-34)36-18-8-20-41-27-36/h1-27H. The van der Waals surface area contributed by atoms with Crippen LogP contribution in [0.25, 0.3) is 67.0 Å². The Hall–Kier alpha value is -5.67. The maximum Gasteiger partial charge on any atom is 0.0715 e. The lowest BCUT2D eigenvalue weighted by Crippen LogP contribution is -1.92. The average Bonchev–Trinajstić information content (AvgIpc) is 3.09. The summed E-state index contributed by atoms with van der Waals surface area (Å²) in [6, 6.07) is 48.8. The smallest absolute Gasteiger partial charge is 0.0715 e. The second kappa shape index (κ2) is 11.4. The molecule has 0 unspecified atom stereocenters. The van der Waals surface area contributed by atoms with Crippen LogP contribution in [0.3, 0.4) is 0 Å². The molecule has 3 aromatic heterocycles. The van der Waals surface area contributed by atoms with E-state index in [1.165, 1.54) is 11.1 Å². The Bertz CT molecular complexity index is 1720. The quantitative estimate of drug-likeness (QED) is 0.212. The number of rotatable bonds is 6. The normalized spacial score (nSPS) is 10.9. The van der Waals surface area contributed by atoms with E-state index in [1.807, 2.05) is 30.6 Å². The van der Waals surface area contributed by atoms with Gasteiger partial charge >= 0.3 is 0 Å². The topological polar surface area (TPSA) is 38.7 Å². The molecule has 3 heteroatoms. The minimum absolute atomic E-state index is 0.921. The van der Waals surface area contributed by atoms with E-state index in [2.05, 4.69) is 131 Å². The van der Waals surface area contributed by atoms with E-state index in [9.17, 15) is 0 Å². The first kappa shape index (κ1) is 25.3. The molecule has 42 heavy (non-hydrogen) atoms. The summed E-state index contributed by atoms with van der Waals surface area (Å²) >= 11 is 0. The fourth-order valence-corrected chi connectivity index (χ4v) is 5.29. The molecule has 0 N–H and O–H groups in total. The summed E-state index contributed by atoms with van der Waals surface area (Å²) in [5.41, 5.74) is 13.0. The molecule has 198 valence electrons. The minimum Gasteiger partial charge on any atom is -0.264 e. The van der Waals surface area contributed by atoms with Crippen LogP contribution in [-0.2, 0) is 0 Å². The third kappa shape index (κ3) is 5.36. The van der Waals surface area contributed by atoms with Crippen molar-refractivity contribution in [1.29, 1.82) is 0 Å². The van der Waals surface area contributed by atoms with Gasteiger partial charge in [0.2, 0.25) is 0 Å². The van der Waals surface area contributed by atoms with Crippen LogP contribution in [0.2, 0.25) is 0 Å². The highest BCUT2D eigenvalue weighted by Crippen LogP contribution is 2.34. The molecule has 7 rings (SSSR count). The second-order valence-electron chi connectivity index (χ2n) is 10.2. The molecule has 0 aliphatic rings. The highest BCUT2D eigenvalue weighted by molar-refractivity contribution is 5.81. The van der Waals surface area contributed by atoms with Gasteiger partial charge in [0.25, 0.3) is 0 Å². The van der Waals surface area contributed by atoms with Gasteiger partial charge in [0.05, 0.1) is 11.4 Å². The Labute approximate surface area is 245 Å². The molecule has 0 fully saturated rings. The van der Waals surface area contributed by atoms with Crippen molar-refractivity contribution in [2.45, 2.75) is 0 Å². The first-order chi connectivity index (χ1) is 20.8. The summed E-state index contributed by atoms with van der Waals surface area (Å²) in [5, 5.41) is 0. The van der Waals surface area contributed by atoms with Crippen LogP contribution >= 0.6 is 0 Å². The fourth-order valence-electron chi connectivity index (χ4n) is 5.29. The molecule has 4 aromatic carbocycles. The molecule has 3 nitrogen and oxygen atoms in total. The highest BCUT2D eigenvalue weighted by atomic mass is 14.7. The molecule has 0 aliphatic carbocycles. The SMILES string of the molecule is c1ccc(-c2cccc(-c3cc(-c4cccc(-c5cccnc5)c4)nc(-c4cccc(-c5cccnc5)c4)c3)c2)cc1. The van der Waals surface area contributed by atoms with Gasteiger partial charge in [-0.1, -0.05) is 97.1 Å². The van der Waals surface area contributed by atoms with Gasteiger partial charge in [-0.3, -0.25) is 9.97 Å². The summed E-state index contributed by atoms with van der Waals surface area (Å²) in [4.78, 5) is 13.9. The number of pyridine rings is 3. The van der Waals surface area contributed by atoms with E-state index in [-0.39, 0.29) is 0 Å². The number of aromatic nitrogens is 3. The number of nitrogens with zero attached hydrogens (tertiary/aromatic N) is 3. The monoisotopic (exact) mass is 537 g/mol. The van der Waals surface area contributed by atoms with Crippen LogP contribution in [0.1, 0.15) is 0 Å². The Morgan fingerprint density at radius 2 is 0.690 bits per heavy atom. The first-order valence-corrected chi connectivity index (χ1v) is 14.0. The van der Waals surface area contributed by atoms with Gasteiger partial charge in [0.15, 0.2) is 0 Å². The fraction of sp³-hybridized carbons (Fsp3) is 0. The van der Waals surface area contributed by atoms with Crippen molar-refractivity contribution in [3.63, 3.8) is 0 Å². The Morgan fingerprint density at radius 3 is 1.19 bits per heavy atom. The Morgan fingerprint density at radius 1 is 0.286 bits per heavy atom. The van der Waals surface area contributed by atoms with Crippen LogP contribution in [0.4, 0.5) is 0 Å². The van der Waals surface area contributed by atoms with Crippen molar-refractivity contribution in [1.82, 2.24) is 15.0 Å². The zero-order valence-electron chi connectivity index (χ0n) is 22.9. The average molecular weight is 538 g/mol. The number of hydrogen-bond acceptors (Lipinski definition) is 3. The molecule has 0 bridgehead atoms. The predicted octanol–water partition coefficient (Wildman–Crippen LogP) is 9.87. The van der Waals surface area contributed by atoms with E-state index >= 15 is 0 Å². The van der Waals surface area contributed by atoms with Crippen molar-refractivity contribution >= 4 is 0 Å². The highest BCUT2D eigenvalue weighted by Gasteiger charge is 2.12. The zero-order chi connectivity index (χ0) is 28.1. The molecular weight excluding hydrogens is 510 g/mol. The largest absolute Gasteiger partial charge is 0.264 e. The van der Waals surface area contributed by atoms with E-state index in [0.717, 1.165) is 55.9 Å². The van der Waals surface area contributed by atoms with Gasteiger partial charge in [-0.15, -0.1) is 0 Å². The summed E-state index contributed by atoms with van der Waals surface area (Å²) < 4.78 is 0. The van der Waals surface area contributed by atoms with Gasteiger partial charge in [0.1, 0.15) is 0 Å². The zero-order valence-corrected chi connectivity index (χ0v) is 22.9. The number of hydrogen-bond donors (Lipinski definition) is 0. The predicted molar refractivity (Wildman–Crippen MR) is 172 cm³/mol. The van der Waals surface area contributed by atoms with Crippen LogP contribution < -0.4 is 0 Å². The minimum atomic E-state index is 0.921. The first-order valence-electron chi connectivity index (χ1n) is 14.0. The molecule has 3 heterocycles. The van der Waals surface area contributed by atoms with Crippen molar-refractivity contribution in [2.24, 2.45) is 0 Å².